The summed E-state index contributed by atoms with van der Waals surface area (Å²) in [6.45, 7) is 6.55. The Kier molecular flexibility index (Phi) is 2.63. The number of Topliss-reactive ketones (excluding diaryl/α,β-unsaturated/α-hetero) is 1. The summed E-state index contributed by atoms with van der Waals surface area (Å²) in [5, 5.41) is 0.127. The third kappa shape index (κ3) is 2.25. The van der Waals surface area contributed by atoms with Crippen molar-refractivity contribution in [1.82, 2.24) is 0 Å². The van der Waals surface area contributed by atoms with Gasteiger partial charge in [-0.15, -0.1) is 11.8 Å². The van der Waals surface area contributed by atoms with Crippen molar-refractivity contribution in [3.8, 4) is 0 Å². The SMILES string of the molecule is CC(C)(C)CC1Sc2ccccc2C1=O. The fourth-order valence-electron chi connectivity index (χ4n) is 1.84. The Labute approximate surface area is 95.3 Å². The van der Waals surface area contributed by atoms with Crippen LogP contribution in [0.3, 0.4) is 0 Å². The van der Waals surface area contributed by atoms with Crippen LogP contribution >= 0.6 is 11.8 Å². The van der Waals surface area contributed by atoms with Crippen LogP contribution in [0.4, 0.5) is 0 Å². The van der Waals surface area contributed by atoms with E-state index in [1.54, 1.807) is 11.8 Å². The average Bonchev–Trinajstić information content (AvgIpc) is 2.42. The van der Waals surface area contributed by atoms with Crippen LogP contribution in [-0.2, 0) is 0 Å². The van der Waals surface area contributed by atoms with E-state index in [4.69, 9.17) is 0 Å². The first-order chi connectivity index (χ1) is 6.97. The lowest BCUT2D eigenvalue weighted by Gasteiger charge is -2.21. The fourth-order valence-corrected chi connectivity index (χ4v) is 3.42. The van der Waals surface area contributed by atoms with Gasteiger partial charge >= 0.3 is 0 Å². The molecule has 1 aromatic carbocycles. The molecule has 0 radical (unpaired) electrons. The molecule has 2 heteroatoms. The molecule has 80 valence electrons. The van der Waals surface area contributed by atoms with E-state index in [0.29, 0.717) is 5.78 Å². The Morgan fingerprint density at radius 1 is 1.27 bits per heavy atom. The third-order valence-electron chi connectivity index (χ3n) is 2.51. The molecule has 0 saturated heterocycles. The maximum Gasteiger partial charge on any atom is 0.177 e. The van der Waals surface area contributed by atoms with E-state index >= 15 is 0 Å². The van der Waals surface area contributed by atoms with Crippen molar-refractivity contribution in [2.75, 3.05) is 0 Å². The molecule has 1 heterocycles. The molecule has 1 aliphatic rings. The van der Waals surface area contributed by atoms with Gasteiger partial charge in [0.05, 0.1) is 5.25 Å². The van der Waals surface area contributed by atoms with Gasteiger partial charge in [-0.1, -0.05) is 39.0 Å². The van der Waals surface area contributed by atoms with Crippen LogP contribution in [0.15, 0.2) is 29.2 Å². The minimum atomic E-state index is 0.127. The highest BCUT2D eigenvalue weighted by Gasteiger charge is 2.33. The van der Waals surface area contributed by atoms with Crippen molar-refractivity contribution in [1.29, 1.82) is 0 Å². The van der Waals surface area contributed by atoms with Gasteiger partial charge in [0.15, 0.2) is 5.78 Å². The number of ketones is 1. The maximum atomic E-state index is 12.1. The lowest BCUT2D eigenvalue weighted by Crippen LogP contribution is -2.19. The quantitative estimate of drug-likeness (QED) is 0.716. The van der Waals surface area contributed by atoms with Crippen LogP contribution in [0.5, 0.6) is 0 Å². The van der Waals surface area contributed by atoms with E-state index in [9.17, 15) is 4.79 Å². The maximum absolute atomic E-state index is 12.1. The van der Waals surface area contributed by atoms with Crippen molar-refractivity contribution in [3.05, 3.63) is 29.8 Å². The zero-order valence-corrected chi connectivity index (χ0v) is 10.2. The smallest absolute Gasteiger partial charge is 0.177 e. The van der Waals surface area contributed by atoms with Crippen LogP contribution in [-0.4, -0.2) is 11.0 Å². The van der Waals surface area contributed by atoms with Crippen molar-refractivity contribution in [2.24, 2.45) is 5.41 Å². The number of benzene rings is 1. The largest absolute Gasteiger partial charge is 0.293 e. The second-order valence-corrected chi connectivity index (χ2v) is 6.48. The third-order valence-corrected chi connectivity index (χ3v) is 3.79. The summed E-state index contributed by atoms with van der Waals surface area (Å²) in [5.74, 6) is 0.311. The highest BCUT2D eigenvalue weighted by atomic mass is 32.2. The van der Waals surface area contributed by atoms with Gasteiger partial charge < -0.3 is 0 Å². The normalized spacial score (nSPS) is 20.5. The van der Waals surface area contributed by atoms with Gasteiger partial charge in [0, 0.05) is 10.5 Å². The molecule has 2 rings (SSSR count). The van der Waals surface area contributed by atoms with E-state index in [-0.39, 0.29) is 10.7 Å². The summed E-state index contributed by atoms with van der Waals surface area (Å²) in [6.07, 6.45) is 0.950. The summed E-state index contributed by atoms with van der Waals surface area (Å²) in [5.41, 5.74) is 1.13. The minimum absolute atomic E-state index is 0.127. The molecule has 15 heavy (non-hydrogen) atoms. The first-order valence-corrected chi connectivity index (χ1v) is 6.15. The molecule has 1 unspecified atom stereocenters. The molecule has 0 amide bonds. The number of thioether (sulfide) groups is 1. The molecule has 0 spiro atoms. The summed E-state index contributed by atoms with van der Waals surface area (Å²) >= 11 is 1.72. The predicted molar refractivity (Wildman–Crippen MR) is 64.5 cm³/mol. The van der Waals surface area contributed by atoms with Gasteiger partial charge in [-0.05, 0) is 17.9 Å². The molecule has 0 saturated carbocycles. The molecule has 1 atom stereocenters. The monoisotopic (exact) mass is 220 g/mol. The van der Waals surface area contributed by atoms with Gasteiger partial charge in [0.1, 0.15) is 0 Å². The van der Waals surface area contributed by atoms with Gasteiger partial charge in [0.25, 0.3) is 0 Å². The van der Waals surface area contributed by atoms with E-state index in [0.717, 1.165) is 16.9 Å². The van der Waals surface area contributed by atoms with Gasteiger partial charge in [-0.3, -0.25) is 4.79 Å². The van der Waals surface area contributed by atoms with Crippen molar-refractivity contribution < 1.29 is 4.79 Å². The Hall–Kier alpha value is -0.760. The summed E-state index contributed by atoms with van der Waals surface area (Å²) in [7, 11) is 0. The van der Waals surface area contributed by atoms with Crippen LogP contribution in [0.2, 0.25) is 0 Å². The van der Waals surface area contributed by atoms with Crippen molar-refractivity contribution in [3.63, 3.8) is 0 Å². The zero-order chi connectivity index (χ0) is 11.1. The lowest BCUT2D eigenvalue weighted by atomic mass is 9.88. The van der Waals surface area contributed by atoms with Crippen molar-refractivity contribution in [2.45, 2.75) is 37.3 Å². The minimum Gasteiger partial charge on any atom is -0.293 e. The molecule has 1 aromatic rings. The molecule has 0 N–H and O–H groups in total. The number of hydrogen-bond donors (Lipinski definition) is 0. The number of carbonyl (C=O) groups excluding carboxylic acids is 1. The Bertz CT molecular complexity index is 390. The molecular weight excluding hydrogens is 204 g/mol. The number of hydrogen-bond acceptors (Lipinski definition) is 2. The summed E-state index contributed by atoms with van der Waals surface area (Å²) in [6, 6.07) is 7.92. The first kappa shape index (κ1) is 10.7. The second-order valence-electron chi connectivity index (χ2n) is 5.23. The van der Waals surface area contributed by atoms with Crippen LogP contribution in [0.25, 0.3) is 0 Å². The molecule has 0 aromatic heterocycles. The number of fused-ring (bicyclic) bond motifs is 1. The highest BCUT2D eigenvalue weighted by Crippen LogP contribution is 2.41. The first-order valence-electron chi connectivity index (χ1n) is 5.27. The standard InChI is InChI=1S/C13H16OS/c1-13(2,3)8-11-12(14)9-6-4-5-7-10(9)15-11/h4-7,11H,8H2,1-3H3. The van der Waals surface area contributed by atoms with Gasteiger partial charge in [-0.2, -0.15) is 0 Å². The van der Waals surface area contributed by atoms with Crippen LogP contribution in [0.1, 0.15) is 37.6 Å². The Morgan fingerprint density at radius 3 is 2.53 bits per heavy atom. The summed E-state index contributed by atoms with van der Waals surface area (Å²) in [4.78, 5) is 13.2. The van der Waals surface area contributed by atoms with E-state index in [2.05, 4.69) is 20.8 Å². The van der Waals surface area contributed by atoms with Gasteiger partial charge in [-0.25, -0.2) is 0 Å². The van der Waals surface area contributed by atoms with Crippen molar-refractivity contribution >= 4 is 17.5 Å². The molecule has 1 nitrogen and oxygen atoms in total. The topological polar surface area (TPSA) is 17.1 Å². The molecule has 0 bridgehead atoms. The number of carbonyl (C=O) groups is 1. The zero-order valence-electron chi connectivity index (χ0n) is 9.41. The number of rotatable bonds is 1. The molecule has 0 aliphatic carbocycles. The second kappa shape index (κ2) is 3.67. The van der Waals surface area contributed by atoms with Gasteiger partial charge in [0.2, 0.25) is 0 Å². The fraction of sp³-hybridized carbons (Fsp3) is 0.462. The predicted octanol–water partition coefficient (Wildman–Crippen LogP) is 3.78. The van der Waals surface area contributed by atoms with Crippen LogP contribution < -0.4 is 0 Å². The molecule has 0 fully saturated rings. The molecule has 1 aliphatic heterocycles. The highest BCUT2D eigenvalue weighted by molar-refractivity contribution is 8.01. The summed E-state index contributed by atoms with van der Waals surface area (Å²) < 4.78 is 0. The average molecular weight is 220 g/mol. The van der Waals surface area contributed by atoms with Crippen LogP contribution in [0, 0.1) is 5.41 Å². The lowest BCUT2D eigenvalue weighted by molar-refractivity contribution is 0.0976. The van der Waals surface area contributed by atoms with E-state index in [1.807, 2.05) is 24.3 Å². The van der Waals surface area contributed by atoms with E-state index < -0.39 is 0 Å². The molecular formula is C13H16OS. The van der Waals surface area contributed by atoms with E-state index in [1.165, 1.54) is 0 Å². The Morgan fingerprint density at radius 2 is 1.93 bits per heavy atom. The Balaban J connectivity index is 2.21.